The van der Waals surface area contributed by atoms with E-state index < -0.39 is 23.9 Å². The highest BCUT2D eigenvalue weighted by molar-refractivity contribution is 5.86. The molecule has 2 N–H and O–H groups in total. The molecule has 1 aliphatic rings. The van der Waals surface area contributed by atoms with E-state index >= 15 is 0 Å². The lowest BCUT2D eigenvalue weighted by atomic mass is 9.90. The topological polar surface area (TPSA) is 52.6 Å². The minimum absolute atomic E-state index is 0.0625. The first-order chi connectivity index (χ1) is 12.9. The molecule has 2 aromatic rings. The third kappa shape index (κ3) is 4.42. The van der Waals surface area contributed by atoms with Gasteiger partial charge in [-0.25, -0.2) is 5.48 Å². The van der Waals surface area contributed by atoms with Crippen LogP contribution in [0.5, 0.6) is 0 Å². The molecule has 1 amide bonds. The molecule has 0 aliphatic carbocycles. The predicted octanol–water partition coefficient (Wildman–Crippen LogP) is 4.10. The fourth-order valence-corrected chi connectivity index (χ4v) is 3.57. The molecule has 0 radical (unpaired) electrons. The fourth-order valence-electron chi connectivity index (χ4n) is 3.57. The zero-order chi connectivity index (χ0) is 19.4. The number of hydroxylamine groups is 1. The van der Waals surface area contributed by atoms with Crippen LogP contribution in [0.4, 0.5) is 18.9 Å². The Morgan fingerprint density at radius 1 is 1.04 bits per heavy atom. The molecule has 0 aromatic heterocycles. The van der Waals surface area contributed by atoms with Crippen molar-refractivity contribution in [1.82, 2.24) is 5.48 Å². The Morgan fingerprint density at radius 3 is 2.26 bits per heavy atom. The summed E-state index contributed by atoms with van der Waals surface area (Å²) in [5, 5.41) is 9.13. The van der Waals surface area contributed by atoms with Gasteiger partial charge in [-0.05, 0) is 36.1 Å². The zero-order valence-corrected chi connectivity index (χ0v) is 14.6. The van der Waals surface area contributed by atoms with Gasteiger partial charge in [-0.1, -0.05) is 42.5 Å². The van der Waals surface area contributed by atoms with Gasteiger partial charge in [-0.2, -0.15) is 13.2 Å². The molecule has 0 saturated carbocycles. The average Bonchev–Trinajstić information content (AvgIpc) is 2.68. The van der Waals surface area contributed by atoms with E-state index in [9.17, 15) is 18.0 Å². The van der Waals surface area contributed by atoms with Crippen LogP contribution in [0.1, 0.15) is 29.9 Å². The van der Waals surface area contributed by atoms with E-state index in [1.54, 1.807) is 47.9 Å². The summed E-state index contributed by atoms with van der Waals surface area (Å²) >= 11 is 0. The lowest BCUT2D eigenvalue weighted by Crippen LogP contribution is -2.39. The number of piperidine rings is 1. The lowest BCUT2D eigenvalue weighted by Gasteiger charge is -2.34. The Hall–Kier alpha value is -2.54. The fraction of sp³-hybridized carbons (Fsp3) is 0.350. The van der Waals surface area contributed by atoms with E-state index in [4.69, 9.17) is 5.21 Å². The van der Waals surface area contributed by atoms with Gasteiger partial charge in [0.1, 0.15) is 0 Å². The van der Waals surface area contributed by atoms with Gasteiger partial charge in [0.05, 0.1) is 11.8 Å². The minimum atomic E-state index is -4.15. The number of alkyl halides is 3. The quantitative estimate of drug-likeness (QED) is 0.622. The van der Waals surface area contributed by atoms with E-state index in [-0.39, 0.29) is 12.8 Å². The Balaban J connectivity index is 1.83. The van der Waals surface area contributed by atoms with E-state index in [1.807, 2.05) is 17.0 Å². The third-order valence-electron chi connectivity index (χ3n) is 5.03. The van der Waals surface area contributed by atoms with Crippen molar-refractivity contribution in [2.75, 3.05) is 18.0 Å². The number of halogens is 3. The van der Waals surface area contributed by atoms with Gasteiger partial charge in [0, 0.05) is 18.8 Å². The van der Waals surface area contributed by atoms with Crippen LogP contribution in [0.15, 0.2) is 54.6 Å². The Bertz CT molecular complexity index is 772. The van der Waals surface area contributed by atoms with Crippen LogP contribution in [0.2, 0.25) is 0 Å². The van der Waals surface area contributed by atoms with Crippen molar-refractivity contribution in [3.05, 3.63) is 65.7 Å². The molecule has 1 aliphatic heterocycles. The Kier molecular flexibility index (Phi) is 5.70. The second kappa shape index (κ2) is 8.00. The number of amides is 1. The highest BCUT2D eigenvalue weighted by Crippen LogP contribution is 2.36. The molecular weight excluding hydrogens is 357 g/mol. The summed E-state index contributed by atoms with van der Waals surface area (Å²) in [6, 6.07) is 16.2. The van der Waals surface area contributed by atoms with Gasteiger partial charge in [0.15, 0.2) is 0 Å². The molecule has 144 valence electrons. The number of carbonyl (C=O) groups excluding carboxylic acids is 1. The summed E-state index contributed by atoms with van der Waals surface area (Å²) < 4.78 is 38.6. The van der Waals surface area contributed by atoms with Gasteiger partial charge in [-0.15, -0.1) is 0 Å². The summed E-state index contributed by atoms with van der Waals surface area (Å²) in [6.07, 6.45) is -4.02. The van der Waals surface area contributed by atoms with E-state index in [2.05, 4.69) is 0 Å². The Morgan fingerprint density at radius 2 is 1.67 bits per heavy atom. The van der Waals surface area contributed by atoms with Crippen molar-refractivity contribution in [3.63, 3.8) is 0 Å². The molecule has 1 saturated heterocycles. The molecule has 1 unspecified atom stereocenters. The molecule has 4 nitrogen and oxygen atoms in total. The van der Waals surface area contributed by atoms with Crippen molar-refractivity contribution < 1.29 is 23.2 Å². The van der Waals surface area contributed by atoms with Crippen LogP contribution in [-0.4, -0.2) is 30.4 Å². The molecule has 2 aromatic carbocycles. The summed E-state index contributed by atoms with van der Waals surface area (Å²) in [6.45, 7) is 0.631. The van der Waals surface area contributed by atoms with Gasteiger partial charge >= 0.3 is 6.18 Å². The van der Waals surface area contributed by atoms with Crippen molar-refractivity contribution in [1.29, 1.82) is 0 Å². The van der Waals surface area contributed by atoms with Crippen LogP contribution in [0, 0.1) is 5.92 Å². The molecule has 3 rings (SSSR count). The number of hydrogen-bond donors (Lipinski definition) is 2. The number of nitrogens with zero attached hydrogens (tertiary/aromatic N) is 1. The highest BCUT2D eigenvalue weighted by Gasteiger charge is 2.41. The highest BCUT2D eigenvalue weighted by atomic mass is 19.4. The van der Waals surface area contributed by atoms with Crippen LogP contribution in [-0.2, 0) is 4.79 Å². The maximum atomic E-state index is 12.9. The van der Waals surface area contributed by atoms with Gasteiger partial charge < -0.3 is 4.90 Å². The van der Waals surface area contributed by atoms with Crippen molar-refractivity contribution in [3.8, 4) is 0 Å². The van der Waals surface area contributed by atoms with E-state index in [0.717, 1.165) is 11.3 Å². The first-order valence-corrected chi connectivity index (χ1v) is 8.80. The van der Waals surface area contributed by atoms with Crippen LogP contribution < -0.4 is 10.4 Å². The molecule has 1 heterocycles. The van der Waals surface area contributed by atoms with Crippen LogP contribution >= 0.6 is 0 Å². The third-order valence-corrected chi connectivity index (χ3v) is 5.03. The summed E-state index contributed by atoms with van der Waals surface area (Å²) in [7, 11) is 0. The second-order valence-electron chi connectivity index (χ2n) is 6.72. The molecule has 0 spiro atoms. The standard InChI is InChI=1S/C20H21F3N2O2/c21-20(22,23)16-9-11-25(12-10-16)17-8-4-7-15(13-17)18(19(26)24-27)14-5-2-1-3-6-14/h1-8,13,16,18,27H,9-12H2,(H,24,26). The number of rotatable bonds is 4. The number of anilines is 1. The van der Waals surface area contributed by atoms with Gasteiger partial charge in [-0.3, -0.25) is 10.0 Å². The van der Waals surface area contributed by atoms with E-state index in [1.165, 1.54) is 0 Å². The predicted molar refractivity (Wildman–Crippen MR) is 95.6 cm³/mol. The normalized spacial score (nSPS) is 16.8. The lowest BCUT2D eigenvalue weighted by molar-refractivity contribution is -0.179. The maximum absolute atomic E-state index is 12.9. The second-order valence-corrected chi connectivity index (χ2v) is 6.72. The Labute approximate surface area is 155 Å². The first kappa shape index (κ1) is 19.2. The average molecular weight is 378 g/mol. The zero-order valence-electron chi connectivity index (χ0n) is 14.6. The van der Waals surface area contributed by atoms with Crippen molar-refractivity contribution in [2.24, 2.45) is 5.92 Å². The number of benzene rings is 2. The summed E-state index contributed by atoms with van der Waals surface area (Å²) in [4.78, 5) is 14.2. The summed E-state index contributed by atoms with van der Waals surface area (Å²) in [5.74, 6) is -2.52. The molecule has 1 fully saturated rings. The molecule has 27 heavy (non-hydrogen) atoms. The van der Waals surface area contributed by atoms with Crippen molar-refractivity contribution >= 4 is 11.6 Å². The number of carbonyl (C=O) groups is 1. The van der Waals surface area contributed by atoms with Gasteiger partial charge in [0.25, 0.3) is 5.91 Å². The van der Waals surface area contributed by atoms with Gasteiger partial charge in [0.2, 0.25) is 0 Å². The monoisotopic (exact) mass is 378 g/mol. The minimum Gasteiger partial charge on any atom is -0.371 e. The largest absolute Gasteiger partial charge is 0.391 e. The number of hydrogen-bond acceptors (Lipinski definition) is 3. The molecule has 7 heteroatoms. The smallest absolute Gasteiger partial charge is 0.371 e. The van der Waals surface area contributed by atoms with E-state index in [0.29, 0.717) is 18.7 Å². The molecule has 1 atom stereocenters. The van der Waals surface area contributed by atoms with Crippen molar-refractivity contribution in [2.45, 2.75) is 24.9 Å². The molecule has 0 bridgehead atoms. The van der Waals surface area contributed by atoms with Crippen LogP contribution in [0.3, 0.4) is 0 Å². The van der Waals surface area contributed by atoms with Crippen LogP contribution in [0.25, 0.3) is 0 Å². The number of nitrogens with one attached hydrogen (secondary N) is 1. The summed E-state index contributed by atoms with van der Waals surface area (Å²) in [5.41, 5.74) is 3.87. The first-order valence-electron chi connectivity index (χ1n) is 8.80. The molecular formula is C20H21F3N2O2. The SMILES string of the molecule is O=C(NO)C(c1ccccc1)c1cccc(N2CCC(C(F)(F)F)CC2)c1. The maximum Gasteiger partial charge on any atom is 0.391 e.